The number of thiophene rings is 1. The summed E-state index contributed by atoms with van der Waals surface area (Å²) in [5, 5.41) is 11.3. The molecule has 0 radical (unpaired) electrons. The highest BCUT2D eigenvalue weighted by molar-refractivity contribution is 7.14. The Morgan fingerprint density at radius 2 is 2.00 bits per heavy atom. The van der Waals surface area contributed by atoms with Gasteiger partial charge in [-0.2, -0.15) is 10.2 Å². The van der Waals surface area contributed by atoms with E-state index in [0.29, 0.717) is 23.4 Å². The third kappa shape index (κ3) is 3.91. The first-order valence-corrected chi connectivity index (χ1v) is 11.4. The van der Waals surface area contributed by atoms with Crippen molar-refractivity contribution in [3.8, 4) is 22.3 Å². The molecule has 0 unspecified atom stereocenters. The van der Waals surface area contributed by atoms with Crippen molar-refractivity contribution >= 4 is 22.9 Å². The first-order chi connectivity index (χ1) is 15.7. The second-order valence-electron chi connectivity index (χ2n) is 8.41. The summed E-state index contributed by atoms with van der Waals surface area (Å²) in [5.74, 6) is -3.36. The first-order valence-electron chi connectivity index (χ1n) is 10.6. The number of nitrogens with one attached hydrogen (secondary N) is 1. The van der Waals surface area contributed by atoms with Gasteiger partial charge in [-0.05, 0) is 25.8 Å². The Hall–Kier alpha value is -3.18. The van der Waals surface area contributed by atoms with Crippen LogP contribution in [0.25, 0.3) is 27.9 Å². The number of carbonyl (C=O) groups excluding carboxylic acids is 1. The van der Waals surface area contributed by atoms with E-state index in [9.17, 15) is 13.6 Å². The zero-order chi connectivity index (χ0) is 23.3. The highest BCUT2D eigenvalue weighted by Gasteiger charge is 2.45. The highest BCUT2D eigenvalue weighted by Crippen LogP contribution is 2.35. The summed E-state index contributed by atoms with van der Waals surface area (Å²) in [6, 6.07) is -0.375. The molecule has 5 rings (SSSR count). The van der Waals surface area contributed by atoms with E-state index < -0.39 is 23.9 Å². The van der Waals surface area contributed by atoms with Crippen molar-refractivity contribution < 1.29 is 13.6 Å². The summed E-state index contributed by atoms with van der Waals surface area (Å²) >= 11 is 1.31. The molecule has 33 heavy (non-hydrogen) atoms. The summed E-state index contributed by atoms with van der Waals surface area (Å²) in [4.78, 5) is 18.8. The number of rotatable bonds is 4. The Morgan fingerprint density at radius 1 is 1.21 bits per heavy atom. The third-order valence-corrected chi connectivity index (χ3v) is 7.14. The minimum absolute atomic E-state index is 0.243. The standard InChI is InChI=1S/C22H23F2N7OS/c1-12-15(6-18(33-12)21(32)29-17-4-3-5-22(23,24)19(17)25)16-9-28-31-11-13(7-26-20(16)31)14-8-27-30(2)10-14/h6-11,17,19H,3-5,25H2,1-2H3,(H,29,32)/t17-,19-/m0/s1. The minimum Gasteiger partial charge on any atom is -0.347 e. The number of hydrogen-bond donors (Lipinski definition) is 2. The Bertz CT molecular complexity index is 1340. The number of hydrogen-bond acceptors (Lipinski definition) is 6. The number of halogens is 2. The second-order valence-corrected chi connectivity index (χ2v) is 9.67. The summed E-state index contributed by atoms with van der Waals surface area (Å²) in [7, 11) is 1.85. The number of fused-ring (bicyclic) bond motifs is 1. The molecule has 8 nitrogen and oxygen atoms in total. The van der Waals surface area contributed by atoms with Gasteiger partial charge in [-0.1, -0.05) is 0 Å². The molecule has 1 aliphatic rings. The number of alkyl halides is 2. The van der Waals surface area contributed by atoms with E-state index in [4.69, 9.17) is 5.73 Å². The van der Waals surface area contributed by atoms with Gasteiger partial charge >= 0.3 is 0 Å². The fourth-order valence-corrected chi connectivity index (χ4v) is 5.18. The van der Waals surface area contributed by atoms with Crippen LogP contribution in [0.3, 0.4) is 0 Å². The number of nitrogens with two attached hydrogens (primary N) is 1. The molecule has 1 saturated carbocycles. The van der Waals surface area contributed by atoms with Gasteiger partial charge < -0.3 is 11.1 Å². The van der Waals surface area contributed by atoms with Gasteiger partial charge in [0.05, 0.1) is 29.4 Å². The number of aromatic nitrogens is 5. The quantitative estimate of drug-likeness (QED) is 0.475. The van der Waals surface area contributed by atoms with Crippen LogP contribution in [0.5, 0.6) is 0 Å². The highest BCUT2D eigenvalue weighted by atomic mass is 32.1. The number of nitrogens with zero attached hydrogens (tertiary/aromatic N) is 5. The Labute approximate surface area is 192 Å². The summed E-state index contributed by atoms with van der Waals surface area (Å²) in [6.07, 6.45) is 9.54. The van der Waals surface area contributed by atoms with E-state index >= 15 is 0 Å². The van der Waals surface area contributed by atoms with Crippen LogP contribution in [0, 0.1) is 6.92 Å². The van der Waals surface area contributed by atoms with Crippen molar-refractivity contribution in [3.63, 3.8) is 0 Å². The summed E-state index contributed by atoms with van der Waals surface area (Å²) in [6.45, 7) is 1.91. The van der Waals surface area contributed by atoms with E-state index in [1.165, 1.54) is 11.3 Å². The molecule has 4 aromatic heterocycles. The lowest BCUT2D eigenvalue weighted by Crippen LogP contribution is -2.58. The molecule has 0 aromatic carbocycles. The number of amides is 1. The Morgan fingerprint density at radius 3 is 2.76 bits per heavy atom. The average molecular weight is 472 g/mol. The summed E-state index contributed by atoms with van der Waals surface area (Å²) < 4.78 is 31.3. The van der Waals surface area contributed by atoms with E-state index in [1.807, 2.05) is 26.4 Å². The molecular formula is C22H23F2N7OS. The molecule has 1 fully saturated rings. The van der Waals surface area contributed by atoms with Crippen LogP contribution in [0.1, 0.15) is 33.8 Å². The maximum Gasteiger partial charge on any atom is 0.264 e. The maximum absolute atomic E-state index is 13.9. The molecule has 4 heterocycles. The molecular weight excluding hydrogens is 448 g/mol. The van der Waals surface area contributed by atoms with E-state index in [1.54, 1.807) is 33.9 Å². The monoisotopic (exact) mass is 471 g/mol. The number of aryl methyl sites for hydroxylation is 2. The normalized spacial score (nSPS) is 20.3. The van der Waals surface area contributed by atoms with Gasteiger partial charge in [0, 0.05) is 59.2 Å². The van der Waals surface area contributed by atoms with Crippen LogP contribution < -0.4 is 11.1 Å². The average Bonchev–Trinajstić information content (AvgIpc) is 3.49. The van der Waals surface area contributed by atoms with Crippen molar-refractivity contribution in [2.45, 2.75) is 44.2 Å². The van der Waals surface area contributed by atoms with Gasteiger partial charge in [0.25, 0.3) is 11.8 Å². The van der Waals surface area contributed by atoms with Crippen molar-refractivity contribution in [3.05, 3.63) is 46.8 Å². The third-order valence-electron chi connectivity index (χ3n) is 6.09. The molecule has 1 aliphatic carbocycles. The molecule has 3 N–H and O–H groups in total. The van der Waals surface area contributed by atoms with E-state index in [-0.39, 0.29) is 6.42 Å². The smallest absolute Gasteiger partial charge is 0.264 e. The fourth-order valence-electron chi connectivity index (χ4n) is 4.25. The lowest BCUT2D eigenvalue weighted by molar-refractivity contribution is -0.0613. The first kappa shape index (κ1) is 21.7. The van der Waals surface area contributed by atoms with Gasteiger partial charge in [-0.3, -0.25) is 9.48 Å². The van der Waals surface area contributed by atoms with Gasteiger partial charge in [0.1, 0.15) is 0 Å². The molecule has 0 saturated heterocycles. The molecule has 11 heteroatoms. The van der Waals surface area contributed by atoms with Crippen LogP contribution in [0.15, 0.2) is 37.1 Å². The van der Waals surface area contributed by atoms with Crippen molar-refractivity contribution in [1.29, 1.82) is 0 Å². The van der Waals surface area contributed by atoms with Crippen LogP contribution in [-0.4, -0.2) is 48.3 Å². The van der Waals surface area contributed by atoms with Crippen LogP contribution in [0.4, 0.5) is 8.78 Å². The molecule has 0 bridgehead atoms. The molecule has 172 valence electrons. The van der Waals surface area contributed by atoms with Gasteiger partial charge in [-0.25, -0.2) is 18.3 Å². The largest absolute Gasteiger partial charge is 0.347 e. The lowest BCUT2D eigenvalue weighted by atomic mass is 9.87. The zero-order valence-electron chi connectivity index (χ0n) is 18.1. The van der Waals surface area contributed by atoms with Crippen molar-refractivity contribution in [2.75, 3.05) is 0 Å². The van der Waals surface area contributed by atoms with E-state index in [0.717, 1.165) is 27.1 Å². The topological polar surface area (TPSA) is 103 Å². The van der Waals surface area contributed by atoms with Gasteiger partial charge in [-0.15, -0.1) is 11.3 Å². The molecule has 2 atom stereocenters. The Kier molecular flexibility index (Phi) is 5.25. The molecule has 4 aromatic rings. The molecule has 1 amide bonds. The van der Waals surface area contributed by atoms with E-state index in [2.05, 4.69) is 20.5 Å². The van der Waals surface area contributed by atoms with Crippen LogP contribution in [-0.2, 0) is 7.05 Å². The van der Waals surface area contributed by atoms with Gasteiger partial charge in [0.15, 0.2) is 5.65 Å². The predicted molar refractivity (Wildman–Crippen MR) is 121 cm³/mol. The van der Waals surface area contributed by atoms with Crippen molar-refractivity contribution in [1.82, 2.24) is 29.7 Å². The second kappa shape index (κ2) is 7.99. The maximum atomic E-state index is 13.9. The molecule has 0 spiro atoms. The predicted octanol–water partition coefficient (Wildman–Crippen LogP) is 3.41. The van der Waals surface area contributed by atoms with Crippen LogP contribution >= 0.6 is 11.3 Å². The number of carbonyl (C=O) groups is 1. The summed E-state index contributed by atoms with van der Waals surface area (Å²) in [5.41, 5.74) is 9.82. The minimum atomic E-state index is -2.97. The zero-order valence-corrected chi connectivity index (χ0v) is 18.9. The fraction of sp³-hybridized carbons (Fsp3) is 0.364. The lowest BCUT2D eigenvalue weighted by Gasteiger charge is -2.35. The SMILES string of the molecule is Cc1sc(C(=O)N[C@H]2CCCC(F)(F)[C@H]2N)cc1-c1cnn2cc(-c3cnn(C)c3)cnc12. The molecule has 0 aliphatic heterocycles. The Balaban J connectivity index is 1.41. The van der Waals surface area contributed by atoms with Gasteiger partial charge in [0.2, 0.25) is 0 Å². The van der Waals surface area contributed by atoms with Crippen molar-refractivity contribution in [2.24, 2.45) is 12.8 Å². The van der Waals surface area contributed by atoms with Crippen LogP contribution in [0.2, 0.25) is 0 Å².